The van der Waals surface area contributed by atoms with Crippen molar-refractivity contribution in [3.8, 4) is 5.75 Å². The summed E-state index contributed by atoms with van der Waals surface area (Å²) in [7, 11) is 1.43. The average molecular weight is 364 g/mol. The molecular weight excluding hydrogens is 348 g/mol. The monoisotopic (exact) mass is 364 g/mol. The van der Waals surface area contributed by atoms with Crippen LogP contribution in [0.2, 0.25) is 0 Å². The molecule has 1 fully saturated rings. The first-order chi connectivity index (χ1) is 12.0. The van der Waals surface area contributed by atoms with Crippen LogP contribution in [0.15, 0.2) is 23.4 Å². The standard InChI is InChI=1S/C14H16N6O4S/c1-8(25-14-16-17-18-19(14)9-3-4-9)13(21)15-11-7-10(20(22)23)5-6-12(11)24-2/h5-9H,3-4H2,1-2H3,(H,15,21)/t8-/m1/s1. The molecule has 0 radical (unpaired) electrons. The fourth-order valence-corrected chi connectivity index (χ4v) is 3.02. The van der Waals surface area contributed by atoms with Crippen LogP contribution in [0.1, 0.15) is 25.8 Å². The van der Waals surface area contributed by atoms with Crippen molar-refractivity contribution >= 4 is 29.0 Å². The number of methoxy groups -OCH3 is 1. The first-order valence-electron chi connectivity index (χ1n) is 7.57. The summed E-state index contributed by atoms with van der Waals surface area (Å²) in [5.41, 5.74) is 0.116. The van der Waals surface area contributed by atoms with Crippen LogP contribution in [0.25, 0.3) is 0 Å². The largest absolute Gasteiger partial charge is 0.495 e. The molecule has 1 atom stereocenters. The molecule has 1 amide bonds. The van der Waals surface area contributed by atoms with Crippen LogP contribution >= 0.6 is 11.8 Å². The lowest BCUT2D eigenvalue weighted by Gasteiger charge is -2.13. The van der Waals surface area contributed by atoms with Gasteiger partial charge in [-0.25, -0.2) is 4.68 Å². The fraction of sp³-hybridized carbons (Fsp3) is 0.429. The summed E-state index contributed by atoms with van der Waals surface area (Å²) in [6, 6.07) is 4.34. The van der Waals surface area contributed by atoms with Crippen LogP contribution in [0.4, 0.5) is 11.4 Å². The molecule has 0 spiro atoms. The number of thioether (sulfide) groups is 1. The van der Waals surface area contributed by atoms with E-state index in [-0.39, 0.29) is 17.3 Å². The highest BCUT2D eigenvalue weighted by molar-refractivity contribution is 8.00. The normalized spacial score (nSPS) is 14.8. The number of carbonyl (C=O) groups excluding carboxylic acids is 1. The molecule has 1 aromatic heterocycles. The summed E-state index contributed by atoms with van der Waals surface area (Å²) in [6.45, 7) is 1.72. The number of carbonyl (C=O) groups is 1. The number of rotatable bonds is 7. The summed E-state index contributed by atoms with van der Waals surface area (Å²) in [4.78, 5) is 22.8. The minimum atomic E-state index is -0.531. The number of non-ortho nitro benzene ring substituents is 1. The lowest BCUT2D eigenvalue weighted by atomic mass is 10.2. The highest BCUT2D eigenvalue weighted by Gasteiger charge is 2.29. The second kappa shape index (κ2) is 7.05. The molecule has 1 saturated carbocycles. The Labute approximate surface area is 147 Å². The van der Waals surface area contributed by atoms with Gasteiger partial charge < -0.3 is 10.1 Å². The molecule has 0 unspecified atom stereocenters. The third-order valence-corrected chi connectivity index (χ3v) is 4.71. The van der Waals surface area contributed by atoms with Gasteiger partial charge in [0.1, 0.15) is 5.75 Å². The van der Waals surface area contributed by atoms with E-state index < -0.39 is 10.2 Å². The van der Waals surface area contributed by atoms with Crippen LogP contribution in [0.3, 0.4) is 0 Å². The maximum atomic E-state index is 12.4. The van der Waals surface area contributed by atoms with Gasteiger partial charge >= 0.3 is 0 Å². The van der Waals surface area contributed by atoms with Crippen LogP contribution < -0.4 is 10.1 Å². The SMILES string of the molecule is COc1ccc([N+](=O)[O-])cc1NC(=O)[C@@H](C)Sc1nnnn1C1CC1. The molecular formula is C14H16N6O4S. The van der Waals surface area contributed by atoms with E-state index in [4.69, 9.17) is 4.74 Å². The van der Waals surface area contributed by atoms with Gasteiger partial charge in [0.25, 0.3) is 5.69 Å². The number of benzene rings is 1. The van der Waals surface area contributed by atoms with E-state index in [1.54, 1.807) is 11.6 Å². The van der Waals surface area contributed by atoms with E-state index in [9.17, 15) is 14.9 Å². The molecule has 132 valence electrons. The number of nitro benzene ring substituents is 1. The molecule has 0 bridgehead atoms. The van der Waals surface area contributed by atoms with E-state index in [1.807, 2.05) is 0 Å². The Bertz CT molecular complexity index is 806. The lowest BCUT2D eigenvalue weighted by Crippen LogP contribution is -2.23. The molecule has 3 rings (SSSR count). The van der Waals surface area contributed by atoms with Crippen LogP contribution in [-0.4, -0.2) is 43.4 Å². The Morgan fingerprint density at radius 1 is 1.52 bits per heavy atom. The molecule has 25 heavy (non-hydrogen) atoms. The quantitative estimate of drug-likeness (QED) is 0.449. The number of ether oxygens (including phenoxy) is 1. The Hall–Kier alpha value is -2.69. The summed E-state index contributed by atoms with van der Waals surface area (Å²) in [5, 5.41) is 25.2. The van der Waals surface area contributed by atoms with Gasteiger partial charge in [0.2, 0.25) is 11.1 Å². The fourth-order valence-electron chi connectivity index (χ4n) is 2.16. The van der Waals surface area contributed by atoms with Crippen molar-refractivity contribution in [2.45, 2.75) is 36.2 Å². The van der Waals surface area contributed by atoms with Crippen molar-refractivity contribution in [3.63, 3.8) is 0 Å². The number of tetrazole rings is 1. The number of nitro groups is 1. The van der Waals surface area contributed by atoms with Gasteiger partial charge in [0, 0.05) is 12.1 Å². The topological polar surface area (TPSA) is 125 Å². The van der Waals surface area contributed by atoms with Gasteiger partial charge in [0.15, 0.2) is 0 Å². The number of aromatic nitrogens is 4. The molecule has 1 aliphatic carbocycles. The number of hydrogen-bond acceptors (Lipinski definition) is 8. The van der Waals surface area contributed by atoms with E-state index in [2.05, 4.69) is 20.8 Å². The maximum absolute atomic E-state index is 12.4. The summed E-state index contributed by atoms with van der Waals surface area (Å²) in [5.74, 6) is 0.0214. The predicted octanol–water partition coefficient (Wildman–Crippen LogP) is 2.04. The molecule has 1 heterocycles. The highest BCUT2D eigenvalue weighted by Crippen LogP contribution is 2.37. The molecule has 1 aliphatic rings. The van der Waals surface area contributed by atoms with E-state index >= 15 is 0 Å². The molecule has 0 aliphatic heterocycles. The van der Waals surface area contributed by atoms with Gasteiger partial charge in [-0.05, 0) is 36.3 Å². The number of nitrogens with one attached hydrogen (secondary N) is 1. The predicted molar refractivity (Wildman–Crippen MR) is 89.7 cm³/mol. The third kappa shape index (κ3) is 3.87. The molecule has 11 heteroatoms. The van der Waals surface area contributed by atoms with E-state index in [0.29, 0.717) is 16.9 Å². The van der Waals surface area contributed by atoms with Crippen LogP contribution in [0, 0.1) is 10.1 Å². The zero-order valence-corrected chi connectivity index (χ0v) is 14.4. The zero-order chi connectivity index (χ0) is 18.0. The van der Waals surface area contributed by atoms with Crippen molar-refractivity contribution in [1.29, 1.82) is 0 Å². The molecule has 2 aromatic rings. The average Bonchev–Trinajstić information content (AvgIpc) is 3.34. The number of nitrogens with zero attached hydrogens (tertiary/aromatic N) is 5. The lowest BCUT2D eigenvalue weighted by molar-refractivity contribution is -0.384. The first kappa shape index (κ1) is 17.1. The highest BCUT2D eigenvalue weighted by atomic mass is 32.2. The molecule has 0 saturated heterocycles. The summed E-state index contributed by atoms with van der Waals surface area (Å²) < 4.78 is 6.87. The van der Waals surface area contributed by atoms with Gasteiger partial charge in [-0.3, -0.25) is 14.9 Å². The minimum Gasteiger partial charge on any atom is -0.495 e. The number of hydrogen-bond donors (Lipinski definition) is 1. The Morgan fingerprint density at radius 3 is 2.92 bits per heavy atom. The van der Waals surface area contributed by atoms with Crippen molar-refractivity contribution < 1.29 is 14.5 Å². The van der Waals surface area contributed by atoms with Gasteiger partial charge in [-0.1, -0.05) is 11.8 Å². The van der Waals surface area contributed by atoms with Gasteiger partial charge in [-0.15, -0.1) is 5.10 Å². The molecule has 10 nitrogen and oxygen atoms in total. The van der Waals surface area contributed by atoms with Crippen molar-refractivity contribution in [1.82, 2.24) is 20.2 Å². The van der Waals surface area contributed by atoms with Gasteiger partial charge in [0.05, 0.1) is 29.0 Å². The van der Waals surface area contributed by atoms with Crippen LogP contribution in [0.5, 0.6) is 5.75 Å². The molecule has 1 N–H and O–H groups in total. The minimum absolute atomic E-state index is 0.130. The second-order valence-electron chi connectivity index (χ2n) is 5.53. The first-order valence-corrected chi connectivity index (χ1v) is 8.45. The van der Waals surface area contributed by atoms with E-state index in [0.717, 1.165) is 12.8 Å². The number of amides is 1. The summed E-state index contributed by atoms with van der Waals surface area (Å²) >= 11 is 1.24. The van der Waals surface area contributed by atoms with Crippen molar-refractivity contribution in [2.75, 3.05) is 12.4 Å². The molecule has 1 aromatic carbocycles. The second-order valence-corrected chi connectivity index (χ2v) is 6.84. The van der Waals surface area contributed by atoms with Crippen molar-refractivity contribution in [2.24, 2.45) is 0 Å². The van der Waals surface area contributed by atoms with Gasteiger partial charge in [-0.2, -0.15) is 0 Å². The van der Waals surface area contributed by atoms with Crippen molar-refractivity contribution in [3.05, 3.63) is 28.3 Å². The van der Waals surface area contributed by atoms with Crippen LogP contribution in [-0.2, 0) is 4.79 Å². The maximum Gasteiger partial charge on any atom is 0.271 e. The Morgan fingerprint density at radius 2 is 2.28 bits per heavy atom. The third-order valence-electron chi connectivity index (χ3n) is 3.66. The Balaban J connectivity index is 1.71. The Kier molecular flexibility index (Phi) is 4.83. The number of anilines is 1. The summed E-state index contributed by atoms with van der Waals surface area (Å²) in [6.07, 6.45) is 2.06. The van der Waals surface area contributed by atoms with E-state index in [1.165, 1.54) is 37.1 Å². The smallest absolute Gasteiger partial charge is 0.271 e. The zero-order valence-electron chi connectivity index (χ0n) is 13.6.